The van der Waals surface area contributed by atoms with Crippen LogP contribution in [0.15, 0.2) is 48.5 Å². The topological polar surface area (TPSA) is 83.4 Å². The van der Waals surface area contributed by atoms with Crippen LogP contribution < -0.4 is 0 Å². The van der Waals surface area contributed by atoms with Gasteiger partial charge >= 0.3 is 5.97 Å². The first-order valence-corrected chi connectivity index (χ1v) is 15.9. The lowest BCUT2D eigenvalue weighted by molar-refractivity contribution is -0.126. The number of piperidine rings is 1. The van der Waals surface area contributed by atoms with E-state index in [2.05, 4.69) is 35.3 Å². The summed E-state index contributed by atoms with van der Waals surface area (Å²) in [6.07, 6.45) is 12.3. The van der Waals surface area contributed by atoms with E-state index >= 15 is 0 Å². The lowest BCUT2D eigenvalue weighted by Crippen LogP contribution is -2.34. The molecule has 1 amide bonds. The van der Waals surface area contributed by atoms with Crippen molar-refractivity contribution < 1.29 is 14.7 Å². The van der Waals surface area contributed by atoms with Gasteiger partial charge < -0.3 is 10.0 Å². The first kappa shape index (κ1) is 28.3. The zero-order chi connectivity index (χ0) is 29.2. The molecule has 2 aromatic carbocycles. The van der Waals surface area contributed by atoms with Crippen molar-refractivity contribution in [1.82, 2.24) is 14.9 Å². The standard InChI is InChI=1S/C35H37N3O3S/c1-22-34(42-23(2)36-22)31-15-11-25-19-26(12-14-30(25)37-31)33-27(13-16-32(39)38-17-7-4-8-18-38)20-28(35(40)41)21-29(33)24-9-5-3-6-10-24/h11-16,19-21,24H,3-10,17-18H2,1-2H3,(H,40,41)/b16-13+. The van der Waals surface area contributed by atoms with E-state index in [-0.39, 0.29) is 17.4 Å². The zero-order valence-electron chi connectivity index (χ0n) is 24.4. The lowest BCUT2D eigenvalue weighted by atomic mass is 9.78. The molecule has 4 aromatic rings. The number of aryl methyl sites for hydroxylation is 2. The van der Waals surface area contributed by atoms with Gasteiger partial charge in [0, 0.05) is 24.6 Å². The summed E-state index contributed by atoms with van der Waals surface area (Å²) in [5, 5.41) is 12.1. The highest BCUT2D eigenvalue weighted by Gasteiger charge is 2.24. The van der Waals surface area contributed by atoms with Gasteiger partial charge in [-0.05, 0) is 111 Å². The van der Waals surface area contributed by atoms with E-state index in [4.69, 9.17) is 4.98 Å². The van der Waals surface area contributed by atoms with Crippen LogP contribution >= 0.6 is 11.3 Å². The van der Waals surface area contributed by atoms with Crippen molar-refractivity contribution in [3.05, 3.63) is 75.9 Å². The number of hydrogen-bond acceptors (Lipinski definition) is 5. The molecule has 6 nitrogen and oxygen atoms in total. The lowest BCUT2D eigenvalue weighted by Gasteiger charge is -2.27. The molecule has 7 heteroatoms. The van der Waals surface area contributed by atoms with Crippen molar-refractivity contribution in [2.45, 2.75) is 71.1 Å². The third kappa shape index (κ3) is 5.88. The number of aromatic carboxylic acids is 1. The molecule has 1 aliphatic carbocycles. The second kappa shape index (κ2) is 12.2. The third-order valence-electron chi connectivity index (χ3n) is 8.68. The molecule has 0 unspecified atom stereocenters. The molecule has 0 spiro atoms. The zero-order valence-corrected chi connectivity index (χ0v) is 25.2. The van der Waals surface area contributed by atoms with Crippen LogP contribution in [0, 0.1) is 13.8 Å². The maximum atomic E-state index is 13.1. The maximum absolute atomic E-state index is 13.1. The van der Waals surface area contributed by atoms with Crippen LogP contribution in [0.1, 0.15) is 89.5 Å². The number of rotatable bonds is 6. The average Bonchev–Trinajstić information content (AvgIpc) is 3.37. The Labute approximate surface area is 251 Å². The number of carboxylic acids is 1. The molecule has 1 saturated carbocycles. The highest BCUT2D eigenvalue weighted by Crippen LogP contribution is 2.42. The third-order valence-corrected chi connectivity index (χ3v) is 9.77. The summed E-state index contributed by atoms with van der Waals surface area (Å²) in [6.45, 7) is 5.59. The second-order valence-electron chi connectivity index (χ2n) is 11.6. The summed E-state index contributed by atoms with van der Waals surface area (Å²) in [4.78, 5) is 37.9. The fourth-order valence-electron chi connectivity index (χ4n) is 6.57. The molecule has 42 heavy (non-hydrogen) atoms. The van der Waals surface area contributed by atoms with Crippen LogP contribution in [-0.2, 0) is 4.79 Å². The van der Waals surface area contributed by atoms with Crippen LogP contribution in [-0.4, -0.2) is 44.9 Å². The molecule has 1 N–H and O–H groups in total. The summed E-state index contributed by atoms with van der Waals surface area (Å²) in [5.41, 5.74) is 6.98. The minimum Gasteiger partial charge on any atom is -0.478 e. The Hall–Kier alpha value is -3.84. The number of amides is 1. The van der Waals surface area contributed by atoms with E-state index in [0.29, 0.717) is 0 Å². The average molecular weight is 580 g/mol. The number of likely N-dealkylation sites (tertiary alicyclic amines) is 1. The molecule has 216 valence electrons. The number of aromatic nitrogens is 2. The maximum Gasteiger partial charge on any atom is 0.335 e. The Morgan fingerprint density at radius 2 is 1.69 bits per heavy atom. The van der Waals surface area contributed by atoms with Crippen molar-refractivity contribution in [2.24, 2.45) is 0 Å². The number of benzene rings is 2. The van der Waals surface area contributed by atoms with E-state index in [9.17, 15) is 14.7 Å². The highest BCUT2D eigenvalue weighted by molar-refractivity contribution is 7.15. The van der Waals surface area contributed by atoms with Gasteiger partial charge in [0.15, 0.2) is 0 Å². The molecule has 2 aromatic heterocycles. The number of pyridine rings is 1. The van der Waals surface area contributed by atoms with Crippen LogP contribution in [0.4, 0.5) is 0 Å². The van der Waals surface area contributed by atoms with Crippen molar-refractivity contribution in [3.8, 4) is 21.7 Å². The van der Waals surface area contributed by atoms with Gasteiger partial charge in [0.25, 0.3) is 0 Å². The van der Waals surface area contributed by atoms with Gasteiger partial charge in [0.1, 0.15) is 0 Å². The molecule has 6 rings (SSSR count). The summed E-state index contributed by atoms with van der Waals surface area (Å²) < 4.78 is 0. The number of carbonyl (C=O) groups is 2. The normalized spacial score (nSPS) is 16.4. The van der Waals surface area contributed by atoms with E-state index in [0.717, 1.165) is 112 Å². The molecule has 2 fully saturated rings. The van der Waals surface area contributed by atoms with E-state index in [1.807, 2.05) is 30.9 Å². The Morgan fingerprint density at radius 1 is 0.929 bits per heavy atom. The minimum absolute atomic E-state index is 0.00978. The molecular weight excluding hydrogens is 542 g/mol. The summed E-state index contributed by atoms with van der Waals surface area (Å²) >= 11 is 1.66. The summed E-state index contributed by atoms with van der Waals surface area (Å²) in [7, 11) is 0. The van der Waals surface area contributed by atoms with Crippen LogP contribution in [0.25, 0.3) is 38.7 Å². The number of nitrogens with zero attached hydrogens (tertiary/aromatic N) is 3. The number of carboxylic acid groups (broad SMARTS) is 1. The quantitative estimate of drug-likeness (QED) is 0.232. The Morgan fingerprint density at radius 3 is 2.40 bits per heavy atom. The smallest absolute Gasteiger partial charge is 0.335 e. The number of thiazole rings is 1. The second-order valence-corrected chi connectivity index (χ2v) is 12.8. The predicted octanol–water partition coefficient (Wildman–Crippen LogP) is 8.41. The van der Waals surface area contributed by atoms with Crippen LogP contribution in [0.2, 0.25) is 0 Å². The first-order chi connectivity index (χ1) is 20.4. The minimum atomic E-state index is -0.945. The first-order valence-electron chi connectivity index (χ1n) is 15.1. The van der Waals surface area contributed by atoms with Gasteiger partial charge in [-0.1, -0.05) is 31.4 Å². The fourth-order valence-corrected chi connectivity index (χ4v) is 7.46. The predicted molar refractivity (Wildman–Crippen MR) is 170 cm³/mol. The number of fused-ring (bicyclic) bond motifs is 1. The van der Waals surface area contributed by atoms with Crippen molar-refractivity contribution >= 4 is 40.2 Å². The SMILES string of the molecule is Cc1nc(C)c(-c2ccc3cc(-c4c(/C=C/C(=O)N5CCCCC5)cc(C(=O)O)cc4C4CCCCC4)ccc3n2)s1. The molecule has 2 aliphatic rings. The van der Waals surface area contributed by atoms with E-state index in [1.54, 1.807) is 23.5 Å². The summed E-state index contributed by atoms with van der Waals surface area (Å²) in [5.74, 6) is -0.671. The molecule has 3 heterocycles. The van der Waals surface area contributed by atoms with Gasteiger partial charge in [0.05, 0.1) is 32.4 Å². The largest absolute Gasteiger partial charge is 0.478 e. The van der Waals surface area contributed by atoms with E-state index in [1.165, 1.54) is 6.42 Å². The monoisotopic (exact) mass is 579 g/mol. The number of carbonyl (C=O) groups excluding carboxylic acids is 1. The van der Waals surface area contributed by atoms with Crippen molar-refractivity contribution in [3.63, 3.8) is 0 Å². The Balaban J connectivity index is 1.46. The number of hydrogen-bond donors (Lipinski definition) is 1. The van der Waals surface area contributed by atoms with Gasteiger partial charge in [-0.15, -0.1) is 11.3 Å². The molecule has 1 saturated heterocycles. The molecule has 0 bridgehead atoms. The Bertz CT molecular complexity index is 1680. The van der Waals surface area contributed by atoms with Crippen molar-refractivity contribution in [2.75, 3.05) is 13.1 Å². The molecular formula is C35H37N3O3S. The van der Waals surface area contributed by atoms with Crippen LogP contribution in [0.3, 0.4) is 0 Å². The highest BCUT2D eigenvalue weighted by atomic mass is 32.1. The van der Waals surface area contributed by atoms with E-state index < -0.39 is 5.97 Å². The Kier molecular flexibility index (Phi) is 8.20. The molecule has 1 aliphatic heterocycles. The van der Waals surface area contributed by atoms with Crippen LogP contribution in [0.5, 0.6) is 0 Å². The van der Waals surface area contributed by atoms with Gasteiger partial charge in [-0.2, -0.15) is 0 Å². The van der Waals surface area contributed by atoms with Gasteiger partial charge in [-0.3, -0.25) is 4.79 Å². The van der Waals surface area contributed by atoms with Gasteiger partial charge in [0.2, 0.25) is 5.91 Å². The summed E-state index contributed by atoms with van der Waals surface area (Å²) in [6, 6.07) is 14.1. The molecule has 0 atom stereocenters. The van der Waals surface area contributed by atoms with Crippen molar-refractivity contribution in [1.29, 1.82) is 0 Å². The fraction of sp³-hybridized carbons (Fsp3) is 0.371. The van der Waals surface area contributed by atoms with Gasteiger partial charge in [-0.25, -0.2) is 14.8 Å². The molecule has 0 radical (unpaired) electrons.